The molecule has 0 bridgehead atoms. The number of sulfonamides is 1. The van der Waals surface area contributed by atoms with Gasteiger partial charge in [0.25, 0.3) is 0 Å². The SMILES string of the molecule is CCOc1nc(Nc2ccc(C)c(C)c2)nc(NC2CCN(S(=O)(=O)c3ccc(F)cc3)CC2)n1. The first kappa shape index (κ1) is 24.8. The molecule has 3 aromatic rings. The second kappa shape index (κ2) is 10.5. The first-order valence-electron chi connectivity index (χ1n) is 11.5. The van der Waals surface area contributed by atoms with Gasteiger partial charge in [0.15, 0.2) is 0 Å². The van der Waals surface area contributed by atoms with E-state index in [1.807, 2.05) is 39.0 Å². The lowest BCUT2D eigenvalue weighted by Gasteiger charge is -2.31. The number of rotatable bonds is 8. The molecule has 11 heteroatoms. The minimum absolute atomic E-state index is 0.0268. The highest BCUT2D eigenvalue weighted by molar-refractivity contribution is 7.89. The Morgan fingerprint density at radius 2 is 1.69 bits per heavy atom. The summed E-state index contributed by atoms with van der Waals surface area (Å²) in [4.78, 5) is 13.3. The Labute approximate surface area is 204 Å². The monoisotopic (exact) mass is 500 g/mol. The van der Waals surface area contributed by atoms with Gasteiger partial charge in [-0.15, -0.1) is 0 Å². The van der Waals surface area contributed by atoms with Crippen LogP contribution >= 0.6 is 0 Å². The molecule has 2 aromatic carbocycles. The van der Waals surface area contributed by atoms with Crippen LogP contribution in [0.5, 0.6) is 6.01 Å². The molecule has 186 valence electrons. The van der Waals surface area contributed by atoms with Crippen LogP contribution in [0.2, 0.25) is 0 Å². The summed E-state index contributed by atoms with van der Waals surface area (Å²) < 4.78 is 45.9. The van der Waals surface area contributed by atoms with Crippen molar-refractivity contribution >= 4 is 27.6 Å². The van der Waals surface area contributed by atoms with Crippen LogP contribution < -0.4 is 15.4 Å². The summed E-state index contributed by atoms with van der Waals surface area (Å²) >= 11 is 0. The van der Waals surface area contributed by atoms with Gasteiger partial charge in [-0.05, 0) is 81.1 Å². The highest BCUT2D eigenvalue weighted by Crippen LogP contribution is 2.24. The first-order valence-corrected chi connectivity index (χ1v) is 12.9. The molecular weight excluding hydrogens is 471 g/mol. The fourth-order valence-corrected chi connectivity index (χ4v) is 5.27. The van der Waals surface area contributed by atoms with E-state index in [4.69, 9.17) is 4.74 Å². The highest BCUT2D eigenvalue weighted by atomic mass is 32.2. The molecular formula is C24H29FN6O3S. The van der Waals surface area contributed by atoms with E-state index in [9.17, 15) is 12.8 Å². The zero-order valence-electron chi connectivity index (χ0n) is 20.0. The van der Waals surface area contributed by atoms with E-state index in [0.717, 1.165) is 23.4 Å². The van der Waals surface area contributed by atoms with Crippen molar-refractivity contribution in [3.05, 3.63) is 59.4 Å². The Kier molecular flexibility index (Phi) is 7.46. The molecule has 9 nitrogen and oxygen atoms in total. The molecule has 1 aromatic heterocycles. The van der Waals surface area contributed by atoms with E-state index >= 15 is 0 Å². The fraction of sp³-hybridized carbons (Fsp3) is 0.375. The van der Waals surface area contributed by atoms with Gasteiger partial charge in [0.2, 0.25) is 21.9 Å². The Balaban J connectivity index is 1.44. The molecule has 0 amide bonds. The van der Waals surface area contributed by atoms with E-state index < -0.39 is 15.8 Å². The summed E-state index contributed by atoms with van der Waals surface area (Å²) in [5, 5.41) is 6.49. The van der Waals surface area contributed by atoms with Crippen LogP contribution in [0, 0.1) is 19.7 Å². The smallest absolute Gasteiger partial charge is 0.323 e. The lowest BCUT2D eigenvalue weighted by molar-refractivity contribution is 0.311. The van der Waals surface area contributed by atoms with Crippen molar-refractivity contribution in [2.75, 3.05) is 30.3 Å². The summed E-state index contributed by atoms with van der Waals surface area (Å²) in [5.74, 6) is 0.238. The maximum atomic E-state index is 13.2. The van der Waals surface area contributed by atoms with Gasteiger partial charge in [0.05, 0.1) is 11.5 Å². The normalized spacial score (nSPS) is 15.1. The molecule has 1 aliphatic heterocycles. The van der Waals surface area contributed by atoms with E-state index in [1.54, 1.807) is 0 Å². The van der Waals surface area contributed by atoms with Gasteiger partial charge in [-0.1, -0.05) is 6.07 Å². The third-order valence-corrected chi connectivity index (χ3v) is 7.80. The summed E-state index contributed by atoms with van der Waals surface area (Å²) in [7, 11) is -3.67. The summed E-state index contributed by atoms with van der Waals surface area (Å²) in [6.07, 6.45) is 1.13. The molecule has 1 aliphatic rings. The Bertz CT molecular complexity index is 1280. The summed E-state index contributed by atoms with van der Waals surface area (Å²) in [6.45, 7) is 7.00. The maximum Gasteiger partial charge on any atom is 0.323 e. The third-order valence-electron chi connectivity index (χ3n) is 5.89. The van der Waals surface area contributed by atoms with Gasteiger partial charge in [-0.2, -0.15) is 19.3 Å². The van der Waals surface area contributed by atoms with Crippen LogP contribution in [-0.2, 0) is 10.0 Å². The largest absolute Gasteiger partial charge is 0.464 e. The number of nitrogens with one attached hydrogen (secondary N) is 2. The molecule has 0 saturated carbocycles. The third kappa shape index (κ3) is 6.04. The topological polar surface area (TPSA) is 109 Å². The molecule has 2 heterocycles. The number of aryl methyl sites for hydroxylation is 2. The van der Waals surface area contributed by atoms with Crippen LogP contribution in [0.4, 0.5) is 22.0 Å². The van der Waals surface area contributed by atoms with Gasteiger partial charge in [0, 0.05) is 24.8 Å². The van der Waals surface area contributed by atoms with Crippen molar-refractivity contribution in [1.29, 1.82) is 0 Å². The number of benzene rings is 2. The standard InChI is InChI=1S/C24H29FN6O3S/c1-4-34-24-29-22(28-23(30-24)27-20-8-5-16(2)17(3)15-20)26-19-11-13-31(14-12-19)35(32,33)21-9-6-18(25)7-10-21/h5-10,15,19H,4,11-14H2,1-3H3,(H2,26,27,28,29,30). The summed E-state index contributed by atoms with van der Waals surface area (Å²) in [5.41, 5.74) is 3.19. The van der Waals surface area contributed by atoms with Gasteiger partial charge in [0.1, 0.15) is 5.82 Å². The van der Waals surface area contributed by atoms with E-state index in [-0.39, 0.29) is 16.9 Å². The summed E-state index contributed by atoms with van der Waals surface area (Å²) in [6, 6.07) is 11.1. The first-order chi connectivity index (χ1) is 16.7. The van der Waals surface area contributed by atoms with Crippen LogP contribution in [-0.4, -0.2) is 53.4 Å². The number of nitrogens with zero attached hydrogens (tertiary/aromatic N) is 4. The zero-order valence-corrected chi connectivity index (χ0v) is 20.8. The minimum atomic E-state index is -3.67. The molecule has 4 rings (SSSR count). The number of hydrogen-bond acceptors (Lipinski definition) is 8. The second-order valence-electron chi connectivity index (χ2n) is 8.40. The number of halogens is 1. The van der Waals surface area contributed by atoms with Gasteiger partial charge in [-0.3, -0.25) is 0 Å². The average Bonchev–Trinajstić information content (AvgIpc) is 2.82. The predicted octanol–water partition coefficient (Wildman–Crippen LogP) is 4.04. The zero-order chi connectivity index (χ0) is 25.0. The van der Waals surface area contributed by atoms with Gasteiger partial charge >= 0.3 is 6.01 Å². The molecule has 1 saturated heterocycles. The molecule has 2 N–H and O–H groups in total. The molecule has 0 aliphatic carbocycles. The molecule has 0 unspecified atom stereocenters. The van der Waals surface area contributed by atoms with Crippen LogP contribution in [0.15, 0.2) is 47.4 Å². The van der Waals surface area contributed by atoms with Crippen molar-refractivity contribution in [2.24, 2.45) is 0 Å². The van der Waals surface area contributed by atoms with Crippen molar-refractivity contribution in [2.45, 2.75) is 44.6 Å². The van der Waals surface area contributed by atoms with Crippen LogP contribution in [0.25, 0.3) is 0 Å². The molecule has 0 radical (unpaired) electrons. The molecule has 0 atom stereocenters. The number of anilines is 3. The number of hydrogen-bond donors (Lipinski definition) is 2. The predicted molar refractivity (Wildman–Crippen MR) is 132 cm³/mol. The van der Waals surface area contributed by atoms with Crippen molar-refractivity contribution in [1.82, 2.24) is 19.3 Å². The number of piperidine rings is 1. The number of ether oxygens (including phenoxy) is 1. The average molecular weight is 501 g/mol. The molecule has 1 fully saturated rings. The Morgan fingerprint density at radius 1 is 1.00 bits per heavy atom. The van der Waals surface area contributed by atoms with Crippen molar-refractivity contribution < 1.29 is 17.5 Å². The fourth-order valence-electron chi connectivity index (χ4n) is 3.80. The lowest BCUT2D eigenvalue weighted by Crippen LogP contribution is -2.42. The quantitative estimate of drug-likeness (QED) is 0.477. The van der Waals surface area contributed by atoms with E-state index in [1.165, 1.54) is 22.0 Å². The Morgan fingerprint density at radius 3 is 2.34 bits per heavy atom. The highest BCUT2D eigenvalue weighted by Gasteiger charge is 2.29. The lowest BCUT2D eigenvalue weighted by atomic mass is 10.1. The second-order valence-corrected chi connectivity index (χ2v) is 10.3. The molecule has 35 heavy (non-hydrogen) atoms. The Hall–Kier alpha value is -3.31. The molecule has 0 spiro atoms. The van der Waals surface area contributed by atoms with E-state index in [2.05, 4.69) is 25.6 Å². The van der Waals surface area contributed by atoms with Crippen molar-refractivity contribution in [3.63, 3.8) is 0 Å². The van der Waals surface area contributed by atoms with Crippen LogP contribution in [0.1, 0.15) is 30.9 Å². The van der Waals surface area contributed by atoms with E-state index in [0.29, 0.717) is 44.4 Å². The van der Waals surface area contributed by atoms with Crippen LogP contribution in [0.3, 0.4) is 0 Å². The number of aromatic nitrogens is 3. The van der Waals surface area contributed by atoms with Gasteiger partial charge < -0.3 is 15.4 Å². The van der Waals surface area contributed by atoms with Crippen molar-refractivity contribution in [3.8, 4) is 6.01 Å². The minimum Gasteiger partial charge on any atom is -0.464 e. The van der Waals surface area contributed by atoms with Gasteiger partial charge in [-0.25, -0.2) is 12.8 Å². The maximum absolute atomic E-state index is 13.2.